The smallest absolute Gasteiger partial charge is 0.316 e. The fourth-order valence-corrected chi connectivity index (χ4v) is 12.8. The van der Waals surface area contributed by atoms with E-state index in [0.29, 0.717) is 12.8 Å². The zero-order valence-corrected chi connectivity index (χ0v) is 33.7. The highest BCUT2D eigenvalue weighted by molar-refractivity contribution is 8.00. The van der Waals surface area contributed by atoms with Crippen LogP contribution in [0.25, 0.3) is 0 Å². The number of hydrogen-bond acceptors (Lipinski definition) is 6. The molecule has 0 aromatic heterocycles. The van der Waals surface area contributed by atoms with Crippen molar-refractivity contribution in [3.63, 3.8) is 0 Å². The molecule has 0 spiro atoms. The van der Waals surface area contributed by atoms with E-state index in [9.17, 15) is 14.7 Å². The molecule has 0 saturated heterocycles. The summed E-state index contributed by atoms with van der Waals surface area (Å²) in [5, 5.41) is 11.9. The zero-order chi connectivity index (χ0) is 38.1. The minimum Gasteiger partial charge on any atom is -0.461 e. The molecule has 3 unspecified atom stereocenters. The molecule has 4 aromatic carbocycles. The molecule has 4 aromatic rings. The van der Waals surface area contributed by atoms with Crippen molar-refractivity contribution in [2.24, 2.45) is 34.0 Å². The van der Waals surface area contributed by atoms with E-state index in [1.807, 2.05) is 24.8 Å². The molecule has 0 radical (unpaired) electrons. The van der Waals surface area contributed by atoms with E-state index in [4.69, 9.17) is 4.74 Å². The Hall–Kier alpha value is -3.58. The summed E-state index contributed by atoms with van der Waals surface area (Å²) in [6.45, 7) is 12.7. The van der Waals surface area contributed by atoms with Crippen molar-refractivity contribution in [1.82, 2.24) is 0 Å². The van der Waals surface area contributed by atoms with Gasteiger partial charge in [-0.15, -0.1) is 30.1 Å². The topological polar surface area (TPSA) is 63.6 Å². The molecule has 0 aliphatic heterocycles. The first kappa shape index (κ1) is 38.7. The maximum atomic E-state index is 13.9. The molecule has 0 amide bonds. The van der Waals surface area contributed by atoms with Gasteiger partial charge in [-0.2, -0.15) is 0 Å². The van der Waals surface area contributed by atoms with E-state index in [0.717, 1.165) is 29.9 Å². The van der Waals surface area contributed by atoms with Crippen LogP contribution in [-0.4, -0.2) is 34.8 Å². The zero-order valence-electron chi connectivity index (χ0n) is 32.1. The molecule has 3 aliphatic carbocycles. The first-order valence-corrected chi connectivity index (χ1v) is 21.5. The number of hydrogen-bond donors (Lipinski definition) is 1. The summed E-state index contributed by atoms with van der Waals surface area (Å²) in [5.74, 6) is 0.809. The SMILES string of the molecule is C=C[C@]1(C)C[C@@H](OC(=O)CSc2cccc(CSC(c3ccccc3)(c3ccccc3)c3ccccc3)c2)[C@]2(C)C(C)CCC3(CCC(=O)C32)[C@@H](C)[C@@H]1O. The van der Waals surface area contributed by atoms with Gasteiger partial charge in [-0.1, -0.05) is 137 Å². The van der Waals surface area contributed by atoms with Crippen LogP contribution >= 0.6 is 23.5 Å². The Kier molecular flexibility index (Phi) is 11.1. The number of thioether (sulfide) groups is 2. The molecule has 7 rings (SSSR count). The molecule has 3 fully saturated rings. The first-order chi connectivity index (χ1) is 26.0. The third-order valence-electron chi connectivity index (χ3n) is 13.8. The molecule has 3 aliphatic rings. The van der Waals surface area contributed by atoms with Gasteiger partial charge >= 0.3 is 5.97 Å². The molecular weight excluding hydrogens is 705 g/mol. The summed E-state index contributed by atoms with van der Waals surface area (Å²) in [6.07, 6.45) is 4.30. The molecule has 1 N–H and O–H groups in total. The number of ketones is 1. The normalized spacial score (nSPS) is 30.8. The van der Waals surface area contributed by atoms with Gasteiger partial charge < -0.3 is 9.84 Å². The van der Waals surface area contributed by atoms with Crippen molar-refractivity contribution < 1.29 is 19.4 Å². The predicted octanol–water partition coefficient (Wildman–Crippen LogP) is 10.9. The van der Waals surface area contributed by atoms with Crippen LogP contribution in [0.1, 0.15) is 82.1 Å². The third kappa shape index (κ3) is 6.71. The Morgan fingerprint density at radius 2 is 1.48 bits per heavy atom. The molecule has 8 atom stereocenters. The number of rotatable bonds is 11. The second-order valence-electron chi connectivity index (χ2n) is 16.6. The summed E-state index contributed by atoms with van der Waals surface area (Å²) >= 11 is 3.39. The summed E-state index contributed by atoms with van der Waals surface area (Å²) in [5.41, 5.74) is 3.38. The highest BCUT2D eigenvalue weighted by Gasteiger charge is 2.68. The number of aliphatic hydroxyl groups is 1. The Morgan fingerprint density at radius 1 is 0.889 bits per heavy atom. The number of benzene rings is 4. The second-order valence-corrected chi connectivity index (χ2v) is 18.8. The van der Waals surface area contributed by atoms with Crippen LogP contribution in [0.2, 0.25) is 0 Å². The monoisotopic (exact) mass is 758 g/mol. The van der Waals surface area contributed by atoms with E-state index < -0.39 is 27.8 Å². The van der Waals surface area contributed by atoms with Crippen LogP contribution in [-0.2, 0) is 24.8 Å². The maximum absolute atomic E-state index is 13.9. The van der Waals surface area contributed by atoms with E-state index >= 15 is 0 Å². The quantitative estimate of drug-likeness (QED) is 0.0711. The highest BCUT2D eigenvalue weighted by Crippen LogP contribution is 2.68. The van der Waals surface area contributed by atoms with Gasteiger partial charge in [-0.05, 0) is 77.3 Å². The van der Waals surface area contributed by atoms with Gasteiger partial charge in [0.05, 0.1) is 16.6 Å². The van der Waals surface area contributed by atoms with Gasteiger partial charge in [0.25, 0.3) is 0 Å². The van der Waals surface area contributed by atoms with Gasteiger partial charge in [-0.25, -0.2) is 0 Å². The van der Waals surface area contributed by atoms with Crippen molar-refractivity contribution >= 4 is 35.3 Å². The average molecular weight is 759 g/mol. The molecule has 54 heavy (non-hydrogen) atoms. The van der Waals surface area contributed by atoms with E-state index in [2.05, 4.69) is 143 Å². The minimum atomic E-state index is -0.679. The Balaban J connectivity index is 1.11. The lowest BCUT2D eigenvalue weighted by molar-refractivity contribution is -0.205. The Bertz CT molecular complexity index is 1850. The lowest BCUT2D eigenvalue weighted by Gasteiger charge is -2.61. The molecular formula is C48H54O4S2. The summed E-state index contributed by atoms with van der Waals surface area (Å²) < 4.78 is 6.11. The number of Topliss-reactive ketones (excluding diaryl/α,β-unsaturated/α-hetero) is 1. The Labute approximate surface area is 330 Å². The maximum Gasteiger partial charge on any atom is 0.316 e. The predicted molar refractivity (Wildman–Crippen MR) is 222 cm³/mol. The van der Waals surface area contributed by atoms with Gasteiger partial charge in [0.1, 0.15) is 11.9 Å². The van der Waals surface area contributed by atoms with E-state index in [1.165, 1.54) is 34.0 Å². The Morgan fingerprint density at radius 3 is 2.06 bits per heavy atom. The van der Waals surface area contributed by atoms with Crippen LogP contribution < -0.4 is 0 Å². The molecule has 2 bridgehead atoms. The minimum absolute atomic E-state index is 0.0559. The van der Waals surface area contributed by atoms with Crippen molar-refractivity contribution in [3.8, 4) is 0 Å². The van der Waals surface area contributed by atoms with Crippen molar-refractivity contribution in [1.29, 1.82) is 0 Å². The van der Waals surface area contributed by atoms with Crippen molar-refractivity contribution in [2.45, 2.75) is 87.4 Å². The van der Waals surface area contributed by atoms with Gasteiger partial charge in [-0.3, -0.25) is 9.59 Å². The van der Waals surface area contributed by atoms with Crippen LogP contribution in [0.5, 0.6) is 0 Å². The molecule has 6 heteroatoms. The van der Waals surface area contributed by atoms with Crippen LogP contribution in [0, 0.1) is 34.0 Å². The lowest BCUT2D eigenvalue weighted by atomic mass is 9.44. The van der Waals surface area contributed by atoms with Crippen molar-refractivity contribution in [2.75, 3.05) is 5.75 Å². The number of aliphatic hydroxyl groups excluding tert-OH is 1. The third-order valence-corrected chi connectivity index (χ3v) is 16.4. The number of carbonyl (C=O) groups is 2. The first-order valence-electron chi connectivity index (χ1n) is 19.5. The number of esters is 1. The number of carbonyl (C=O) groups excluding carboxylic acids is 2. The summed E-state index contributed by atoms with van der Waals surface area (Å²) in [6, 6.07) is 40.7. The standard InChI is InChI=1S/C48H54O4S2/c1-6-45(4)30-41(46(5)33(2)25-27-47(34(3)44(45)51)28-26-40(49)43(46)47)52-42(50)32-53-39-24-16-17-35(29-39)31-54-48(36-18-10-7-11-19-36,37-20-12-8-13-21-37)38-22-14-9-15-23-38/h6-24,29,33-34,41,43-44,51H,1,25-28,30-32H2,2-5H3/t33?,34-,41+,43?,44-,45+,46-,47?/m0/s1. The van der Waals surface area contributed by atoms with Gasteiger partial charge in [0.15, 0.2) is 0 Å². The molecule has 4 nitrogen and oxygen atoms in total. The fraction of sp³-hybridized carbons (Fsp3) is 0.417. The van der Waals surface area contributed by atoms with Crippen molar-refractivity contribution in [3.05, 3.63) is 150 Å². The van der Waals surface area contributed by atoms with Gasteiger partial charge in [0, 0.05) is 33.8 Å². The second kappa shape index (κ2) is 15.5. The van der Waals surface area contributed by atoms with Gasteiger partial charge in [0.2, 0.25) is 0 Å². The largest absolute Gasteiger partial charge is 0.461 e. The summed E-state index contributed by atoms with van der Waals surface area (Å²) in [7, 11) is 0. The number of ether oxygens (including phenoxy) is 1. The molecule has 0 heterocycles. The lowest BCUT2D eigenvalue weighted by Crippen LogP contribution is -2.63. The fourth-order valence-electron chi connectivity index (χ4n) is 10.5. The summed E-state index contributed by atoms with van der Waals surface area (Å²) in [4.78, 5) is 28.7. The van der Waals surface area contributed by atoms with E-state index in [-0.39, 0.29) is 40.7 Å². The van der Waals surface area contributed by atoms with E-state index in [1.54, 1.807) is 0 Å². The molecule has 282 valence electrons. The van der Waals surface area contributed by atoms with Crippen LogP contribution in [0.3, 0.4) is 0 Å². The van der Waals surface area contributed by atoms with Crippen LogP contribution in [0.15, 0.2) is 133 Å². The van der Waals surface area contributed by atoms with Crippen LogP contribution in [0.4, 0.5) is 0 Å². The molecule has 3 saturated carbocycles. The highest BCUT2D eigenvalue weighted by atomic mass is 32.2. The average Bonchev–Trinajstić information content (AvgIpc) is 3.56.